The van der Waals surface area contributed by atoms with Gasteiger partial charge in [0.25, 0.3) is 5.56 Å². The monoisotopic (exact) mass is 362 g/mol. The number of aromatic hydroxyl groups is 1. The van der Waals surface area contributed by atoms with Crippen molar-refractivity contribution in [3.8, 4) is 17.4 Å². The predicted octanol–water partition coefficient (Wildman–Crippen LogP) is 1.60. The van der Waals surface area contributed by atoms with Crippen LogP contribution < -0.4 is 20.5 Å². The molecule has 132 valence electrons. The molecule has 0 bridgehead atoms. The highest BCUT2D eigenvalue weighted by Gasteiger charge is 2.28. The lowest BCUT2D eigenvalue weighted by molar-refractivity contribution is 0.392. The first-order valence-corrected chi connectivity index (χ1v) is 7.93. The molecule has 2 aromatic rings. The van der Waals surface area contributed by atoms with E-state index >= 15 is 0 Å². The third-order valence-corrected chi connectivity index (χ3v) is 4.52. The van der Waals surface area contributed by atoms with Crippen LogP contribution in [0.3, 0.4) is 0 Å². The number of ether oxygens (including phenoxy) is 2. The first-order valence-electron chi connectivity index (χ1n) is 7.53. The van der Waals surface area contributed by atoms with Crippen molar-refractivity contribution in [1.82, 2.24) is 15.0 Å². The summed E-state index contributed by atoms with van der Waals surface area (Å²) in [6.07, 6.45) is 0.400. The lowest BCUT2D eigenvalue weighted by Crippen LogP contribution is -2.21. The molecule has 1 atom stereocenters. The molecule has 0 unspecified atom stereocenters. The van der Waals surface area contributed by atoms with Gasteiger partial charge in [0.1, 0.15) is 17.1 Å². The fraction of sp³-hybridized carbons (Fsp3) is 0.312. The summed E-state index contributed by atoms with van der Waals surface area (Å²) >= 11 is 4.98. The number of methoxy groups -OCH3 is 2. The highest BCUT2D eigenvalue weighted by Crippen LogP contribution is 2.34. The van der Waals surface area contributed by atoms with Crippen LogP contribution in [0.2, 0.25) is 0 Å². The van der Waals surface area contributed by atoms with Crippen LogP contribution in [0, 0.1) is 4.77 Å². The summed E-state index contributed by atoms with van der Waals surface area (Å²) in [5.74, 6) is 1.15. The van der Waals surface area contributed by atoms with Gasteiger partial charge in [-0.2, -0.15) is 5.10 Å². The Morgan fingerprint density at radius 2 is 2.12 bits per heavy atom. The minimum atomic E-state index is -0.473. The summed E-state index contributed by atoms with van der Waals surface area (Å²) in [5, 5.41) is 14.5. The number of hydrogen-bond acceptors (Lipinski definition) is 7. The Hall–Kier alpha value is -2.81. The largest absolute Gasteiger partial charge is 0.497 e. The zero-order chi connectivity index (χ0) is 18.1. The zero-order valence-corrected chi connectivity index (χ0v) is 14.8. The zero-order valence-electron chi connectivity index (χ0n) is 14.0. The van der Waals surface area contributed by atoms with Crippen molar-refractivity contribution in [2.45, 2.75) is 12.5 Å². The Morgan fingerprint density at radius 3 is 2.80 bits per heavy atom. The van der Waals surface area contributed by atoms with Gasteiger partial charge in [-0.3, -0.25) is 14.3 Å². The van der Waals surface area contributed by atoms with Crippen molar-refractivity contribution in [2.75, 3.05) is 14.2 Å². The van der Waals surface area contributed by atoms with Gasteiger partial charge in [-0.25, -0.2) is 0 Å². The van der Waals surface area contributed by atoms with Gasteiger partial charge in [-0.05, 0) is 30.4 Å². The van der Waals surface area contributed by atoms with Gasteiger partial charge in [-0.15, -0.1) is 0 Å². The molecular weight excluding hydrogens is 344 g/mol. The number of benzene rings is 1. The molecule has 0 saturated carbocycles. The van der Waals surface area contributed by atoms with Crippen LogP contribution in [0.4, 0.5) is 0 Å². The van der Waals surface area contributed by atoms with Crippen molar-refractivity contribution >= 4 is 17.9 Å². The highest BCUT2D eigenvalue weighted by molar-refractivity contribution is 7.71. The molecular formula is C16H18N4O4S. The van der Waals surface area contributed by atoms with E-state index in [9.17, 15) is 9.90 Å². The van der Waals surface area contributed by atoms with Crippen LogP contribution in [-0.4, -0.2) is 34.6 Å². The molecule has 25 heavy (non-hydrogen) atoms. The Balaban J connectivity index is 1.97. The summed E-state index contributed by atoms with van der Waals surface area (Å²) in [4.78, 5) is 14.7. The molecule has 9 heteroatoms. The average molecular weight is 362 g/mol. The molecule has 0 aliphatic carbocycles. The summed E-state index contributed by atoms with van der Waals surface area (Å²) in [5.41, 5.74) is 3.91. The SMILES string of the molecule is COc1ccc(OC)c([C@@H]2CC(c3c(O)n(C)c(=S)[nH]c3=O)=NN2)c1. The third kappa shape index (κ3) is 2.98. The van der Waals surface area contributed by atoms with E-state index in [2.05, 4.69) is 15.5 Å². The molecule has 8 nitrogen and oxygen atoms in total. The van der Waals surface area contributed by atoms with Crippen LogP contribution in [0.1, 0.15) is 23.6 Å². The molecule has 0 radical (unpaired) electrons. The number of hydrazone groups is 1. The molecule has 3 N–H and O–H groups in total. The molecule has 0 spiro atoms. The maximum Gasteiger partial charge on any atom is 0.264 e. The van der Waals surface area contributed by atoms with E-state index in [4.69, 9.17) is 21.7 Å². The van der Waals surface area contributed by atoms with E-state index in [0.29, 0.717) is 23.6 Å². The minimum Gasteiger partial charge on any atom is -0.497 e. The van der Waals surface area contributed by atoms with Crippen molar-refractivity contribution in [3.63, 3.8) is 0 Å². The topological polar surface area (TPSA) is 101 Å². The third-order valence-electron chi connectivity index (χ3n) is 4.15. The van der Waals surface area contributed by atoms with Crippen molar-refractivity contribution in [1.29, 1.82) is 0 Å². The van der Waals surface area contributed by atoms with E-state index in [1.807, 2.05) is 12.1 Å². The van der Waals surface area contributed by atoms with Gasteiger partial charge >= 0.3 is 0 Å². The summed E-state index contributed by atoms with van der Waals surface area (Å²) < 4.78 is 12.1. The van der Waals surface area contributed by atoms with Gasteiger partial charge in [0.2, 0.25) is 5.88 Å². The van der Waals surface area contributed by atoms with Gasteiger partial charge in [-0.1, -0.05) is 0 Å². The normalized spacial score (nSPS) is 16.3. The van der Waals surface area contributed by atoms with Crippen LogP contribution in [0.15, 0.2) is 28.1 Å². The van der Waals surface area contributed by atoms with Gasteiger partial charge < -0.3 is 20.0 Å². The maximum absolute atomic E-state index is 12.2. The summed E-state index contributed by atoms with van der Waals surface area (Å²) in [7, 11) is 4.74. The molecule has 0 amide bonds. The number of aromatic amines is 1. The first-order chi connectivity index (χ1) is 12.0. The lowest BCUT2D eigenvalue weighted by atomic mass is 9.99. The highest BCUT2D eigenvalue weighted by atomic mass is 32.1. The Bertz CT molecular complexity index is 964. The van der Waals surface area contributed by atoms with Crippen molar-refractivity contribution in [3.05, 3.63) is 44.5 Å². The fourth-order valence-electron chi connectivity index (χ4n) is 2.76. The maximum atomic E-state index is 12.2. The second-order valence-electron chi connectivity index (χ2n) is 5.57. The first kappa shape index (κ1) is 17.0. The fourth-order valence-corrected chi connectivity index (χ4v) is 2.94. The molecule has 0 saturated heterocycles. The Labute approximate surface area is 148 Å². The molecule has 1 aliphatic rings. The second kappa shape index (κ2) is 6.60. The number of aromatic nitrogens is 2. The molecule has 1 aliphatic heterocycles. The van der Waals surface area contributed by atoms with Crippen LogP contribution in [0.5, 0.6) is 17.4 Å². The molecule has 1 aromatic carbocycles. The molecule has 3 rings (SSSR count). The number of H-pyrrole nitrogens is 1. The predicted molar refractivity (Wildman–Crippen MR) is 95.1 cm³/mol. The molecule has 1 aromatic heterocycles. The van der Waals surface area contributed by atoms with E-state index in [-0.39, 0.29) is 22.3 Å². The number of nitrogens with zero attached hydrogens (tertiary/aromatic N) is 2. The van der Waals surface area contributed by atoms with E-state index in [1.165, 1.54) is 4.57 Å². The van der Waals surface area contributed by atoms with Crippen molar-refractivity contribution < 1.29 is 14.6 Å². The number of nitrogens with one attached hydrogen (secondary N) is 2. The van der Waals surface area contributed by atoms with Gasteiger partial charge in [0.05, 0.1) is 26.0 Å². The summed E-state index contributed by atoms with van der Waals surface area (Å²) in [6, 6.07) is 5.25. The standard InChI is InChI=1S/C16H18N4O4S/c1-20-15(22)13(14(21)17-16(20)25)11-7-10(18-19-11)9-6-8(23-2)4-5-12(9)24-3/h4-6,10,18,22H,7H2,1-3H3,(H,17,21,25)/t10-/m0/s1. The molecule has 2 heterocycles. The Kier molecular flexibility index (Phi) is 4.49. The van der Waals surface area contributed by atoms with Crippen LogP contribution in [0.25, 0.3) is 0 Å². The smallest absolute Gasteiger partial charge is 0.264 e. The molecule has 0 fully saturated rings. The Morgan fingerprint density at radius 1 is 1.36 bits per heavy atom. The van der Waals surface area contributed by atoms with Crippen molar-refractivity contribution in [2.24, 2.45) is 12.1 Å². The second-order valence-corrected chi connectivity index (χ2v) is 5.96. The number of hydrogen-bond donors (Lipinski definition) is 3. The quantitative estimate of drug-likeness (QED) is 0.715. The van der Waals surface area contributed by atoms with E-state index in [1.54, 1.807) is 27.3 Å². The van der Waals surface area contributed by atoms with E-state index in [0.717, 1.165) is 5.56 Å². The van der Waals surface area contributed by atoms with Crippen LogP contribution >= 0.6 is 12.2 Å². The van der Waals surface area contributed by atoms with E-state index < -0.39 is 5.56 Å². The number of rotatable bonds is 4. The summed E-state index contributed by atoms with van der Waals surface area (Å²) in [6.45, 7) is 0. The minimum absolute atomic E-state index is 0.105. The van der Waals surface area contributed by atoms with Gasteiger partial charge in [0.15, 0.2) is 4.77 Å². The van der Waals surface area contributed by atoms with Gasteiger partial charge in [0, 0.05) is 19.0 Å². The lowest BCUT2D eigenvalue weighted by Gasteiger charge is -2.16. The van der Waals surface area contributed by atoms with Crippen LogP contribution in [-0.2, 0) is 7.05 Å². The average Bonchev–Trinajstić information content (AvgIpc) is 3.08.